The van der Waals surface area contributed by atoms with Crippen LogP contribution in [0.5, 0.6) is 0 Å². The minimum absolute atomic E-state index is 0.162. The Kier molecular flexibility index (Phi) is 21.8. The Hall–Kier alpha value is -18.8. The Morgan fingerprint density at radius 1 is 0.158 bits per heavy atom. The molecule has 0 N–H and O–H groups in total. The molecule has 0 atom stereocenters. The number of pyridine rings is 1. The van der Waals surface area contributed by atoms with Gasteiger partial charge in [0.2, 0.25) is 5.95 Å². The van der Waals surface area contributed by atoms with Crippen LogP contribution in [0, 0.1) is 0 Å². The summed E-state index contributed by atoms with van der Waals surface area (Å²) in [4.78, 5) is 36.9. The second kappa shape index (κ2) is 36.4. The summed E-state index contributed by atoms with van der Waals surface area (Å²) >= 11 is 0. The molecule has 20 aromatic carbocycles. The van der Waals surface area contributed by atoms with Gasteiger partial charge in [0.1, 0.15) is 5.82 Å². The summed E-state index contributed by atoms with van der Waals surface area (Å²) in [5.41, 5.74) is 41.4. The normalized spacial score (nSPS) is 12.5. The third-order valence-electron chi connectivity index (χ3n) is 29.5. The molecule has 9 nitrogen and oxygen atoms in total. The van der Waals surface area contributed by atoms with Gasteiger partial charge in [-0.3, -0.25) is 9.13 Å². The van der Waals surface area contributed by atoms with Crippen LogP contribution in [0.25, 0.3) is 246 Å². The molecule has 0 fully saturated rings. The van der Waals surface area contributed by atoms with Gasteiger partial charge >= 0.3 is 0 Å². The lowest BCUT2D eigenvalue weighted by atomic mass is 9.82. The SMILES string of the molecule is CC1(C)c2ccccc2-c2cc3c4ccccc4n(-c4cc(-c5ccccc5)cc(-c5cccc(-c6cc(-c7ccccc7)c(-c7cccc(-c8nc(-c9ccccc9)nc(-c9ccccc9)n8)c7)c(-c7ccccc7)c6)c5)n4)c3cc21.CC1(C)c2ccccc2-c2cc3c4ccccc4n(-c4nc(-c5ccccc5)nc(-c5cccc(-c6cc(-c7ccccc7)c(-c7ccccc7)c(-c7ccccc7)c6)c5)n4)c3cc21. The fourth-order valence-corrected chi connectivity index (χ4v) is 22.3. The van der Waals surface area contributed by atoms with E-state index < -0.39 is 0 Å². The molecular weight excluding hydrogens is 1770 g/mol. The second-order valence-electron chi connectivity index (χ2n) is 39.0. The Morgan fingerprint density at radius 3 is 0.884 bits per heavy atom. The largest absolute Gasteiger partial charge is 0.294 e. The number of aromatic nitrogens is 9. The van der Waals surface area contributed by atoms with Gasteiger partial charge in [-0.05, 0) is 236 Å². The van der Waals surface area contributed by atoms with E-state index in [0.29, 0.717) is 35.1 Å². The lowest BCUT2D eigenvalue weighted by molar-refractivity contribution is 0.661. The molecular formula is C137H95N9. The zero-order valence-electron chi connectivity index (χ0n) is 80.9. The van der Waals surface area contributed by atoms with Crippen molar-refractivity contribution in [1.29, 1.82) is 0 Å². The van der Waals surface area contributed by atoms with E-state index in [4.69, 9.17) is 34.9 Å². The first-order valence-corrected chi connectivity index (χ1v) is 50.0. The van der Waals surface area contributed by atoms with Gasteiger partial charge < -0.3 is 0 Å². The topological polar surface area (TPSA) is 100 Å². The van der Waals surface area contributed by atoms with E-state index in [1.165, 1.54) is 82.9 Å². The summed E-state index contributed by atoms with van der Waals surface area (Å²) in [5.74, 6) is 4.54. The maximum absolute atomic E-state index is 5.69. The lowest BCUT2D eigenvalue weighted by Crippen LogP contribution is -2.15. The monoisotopic (exact) mass is 1870 g/mol. The van der Waals surface area contributed by atoms with Crippen LogP contribution in [0.2, 0.25) is 0 Å². The predicted octanol–water partition coefficient (Wildman–Crippen LogP) is 35.0. The summed E-state index contributed by atoms with van der Waals surface area (Å²) < 4.78 is 4.63. The first kappa shape index (κ1) is 87.4. The first-order valence-electron chi connectivity index (χ1n) is 50.0. The Morgan fingerprint density at radius 2 is 0.452 bits per heavy atom. The maximum atomic E-state index is 5.69. The van der Waals surface area contributed by atoms with E-state index in [2.05, 4.69) is 461 Å². The van der Waals surface area contributed by atoms with Gasteiger partial charge in [-0.1, -0.05) is 440 Å². The molecule has 0 bridgehead atoms. The molecule has 0 aliphatic heterocycles. The van der Waals surface area contributed by atoms with E-state index in [1.54, 1.807) is 0 Å². The van der Waals surface area contributed by atoms with Crippen molar-refractivity contribution in [1.82, 2.24) is 44.0 Å². The average molecular weight is 1870 g/mol. The minimum atomic E-state index is -0.165. The van der Waals surface area contributed by atoms with Crippen molar-refractivity contribution in [3.63, 3.8) is 0 Å². The highest BCUT2D eigenvalue weighted by Gasteiger charge is 2.39. The van der Waals surface area contributed by atoms with Crippen LogP contribution in [0.15, 0.2) is 504 Å². The minimum Gasteiger partial charge on any atom is -0.294 e. The smallest absolute Gasteiger partial charge is 0.238 e. The molecule has 0 spiro atoms. The highest BCUT2D eigenvalue weighted by Crippen LogP contribution is 2.55. The number of para-hydroxylation sites is 2. The highest BCUT2D eigenvalue weighted by molar-refractivity contribution is 6.14. The fourth-order valence-electron chi connectivity index (χ4n) is 22.3. The van der Waals surface area contributed by atoms with Crippen molar-refractivity contribution in [2.45, 2.75) is 38.5 Å². The zero-order chi connectivity index (χ0) is 97.5. The van der Waals surface area contributed by atoms with Gasteiger partial charge in [0.15, 0.2) is 29.1 Å². The van der Waals surface area contributed by atoms with Crippen LogP contribution in [0.4, 0.5) is 0 Å². The van der Waals surface area contributed by atoms with Crippen LogP contribution in [-0.4, -0.2) is 44.0 Å². The van der Waals surface area contributed by atoms with Crippen molar-refractivity contribution >= 4 is 43.6 Å². The Labute approximate surface area is 848 Å². The number of hydrogen-bond donors (Lipinski definition) is 0. The zero-order valence-corrected chi connectivity index (χ0v) is 80.9. The third kappa shape index (κ3) is 15.6. The van der Waals surface area contributed by atoms with Crippen molar-refractivity contribution in [3.8, 4) is 202 Å². The van der Waals surface area contributed by atoms with E-state index in [0.717, 1.165) is 150 Å². The standard InChI is InChI=1S/C77H53N5.C60H42N4/c1-77(2)67-40-20-18-38-61(67)65-48-66-62-39-19-21-41-70(62)82(71(66)49-68(65)77)72-47-60(50-24-8-3-9-25-50)46-69(78-72)56-35-22-34-55(42-56)59-44-63(51-26-10-4-11-27-51)73(64(45-59)52-28-12-5-13-29-52)57-36-23-37-58(43-57)76-80-74(53-30-14-6-15-31-53)79-75(81-76)54-32-16-7-17-33-54;1-60(2)52-32-17-15-30-46(52)50-37-51-47-31-16-18-33-54(47)64(55(51)38-53(50)60)59-62-57(42-26-13-6-14-27-42)61-58(63-59)44-29-19-28-43(34-44)45-35-48(39-20-7-3-8-21-39)56(41-24-11-5-12-25-41)49(36-45)40-22-9-4-10-23-40/h3-49H,1-2H3;3-38H,1-2H3. The first-order chi connectivity index (χ1) is 71.9. The van der Waals surface area contributed by atoms with Crippen LogP contribution >= 0.6 is 0 Å². The quantitative estimate of drug-likeness (QED) is 0.0895. The van der Waals surface area contributed by atoms with Crippen LogP contribution in [-0.2, 0) is 10.8 Å². The van der Waals surface area contributed by atoms with Gasteiger partial charge in [-0.25, -0.2) is 24.9 Å². The number of benzene rings is 20. The Bertz CT molecular complexity index is 9190. The van der Waals surface area contributed by atoms with Crippen molar-refractivity contribution in [2.75, 3.05) is 0 Å². The van der Waals surface area contributed by atoms with E-state index >= 15 is 0 Å². The summed E-state index contributed by atoms with van der Waals surface area (Å²) in [7, 11) is 0. The van der Waals surface area contributed by atoms with Crippen LogP contribution in [0.1, 0.15) is 49.9 Å². The molecule has 146 heavy (non-hydrogen) atoms. The molecule has 0 saturated heterocycles. The summed E-state index contributed by atoms with van der Waals surface area (Å²) in [6, 6.07) is 180. The molecule has 0 amide bonds. The van der Waals surface area contributed by atoms with Crippen molar-refractivity contribution in [2.24, 2.45) is 0 Å². The summed E-state index contributed by atoms with van der Waals surface area (Å²) in [6.45, 7) is 9.38. The Balaban J connectivity index is 0.000000153. The molecule has 2 aliphatic rings. The highest BCUT2D eigenvalue weighted by atomic mass is 15.2. The van der Waals surface area contributed by atoms with Gasteiger partial charge in [-0.2, -0.15) is 9.97 Å². The van der Waals surface area contributed by atoms with E-state index in [9.17, 15) is 0 Å². The molecule has 27 rings (SSSR count). The van der Waals surface area contributed by atoms with Gasteiger partial charge in [0, 0.05) is 65.8 Å². The molecule has 25 aromatic rings. The fraction of sp³-hybridized carbons (Fsp3) is 0.0438. The third-order valence-corrected chi connectivity index (χ3v) is 29.5. The average Bonchev–Trinajstić information content (AvgIpc) is 1.55. The molecule has 2 aliphatic carbocycles. The van der Waals surface area contributed by atoms with E-state index in [-0.39, 0.29) is 10.8 Å². The van der Waals surface area contributed by atoms with Crippen LogP contribution < -0.4 is 0 Å². The van der Waals surface area contributed by atoms with Gasteiger partial charge in [0.05, 0.1) is 27.8 Å². The molecule has 0 radical (unpaired) electrons. The lowest BCUT2D eigenvalue weighted by Gasteiger charge is -2.21. The molecule has 5 heterocycles. The molecule has 0 unspecified atom stereocenters. The number of rotatable bonds is 17. The maximum Gasteiger partial charge on any atom is 0.238 e. The molecule has 688 valence electrons. The van der Waals surface area contributed by atoms with Crippen LogP contribution in [0.3, 0.4) is 0 Å². The molecule has 9 heteroatoms. The number of hydrogen-bond acceptors (Lipinski definition) is 7. The number of fused-ring (bicyclic) bond motifs is 12. The summed E-state index contributed by atoms with van der Waals surface area (Å²) in [6.07, 6.45) is 0. The van der Waals surface area contributed by atoms with E-state index in [1.807, 2.05) is 78.9 Å². The predicted molar refractivity (Wildman–Crippen MR) is 603 cm³/mol. The van der Waals surface area contributed by atoms with Gasteiger partial charge in [-0.15, -0.1) is 0 Å². The molecule has 5 aromatic heterocycles. The van der Waals surface area contributed by atoms with Crippen molar-refractivity contribution in [3.05, 3.63) is 526 Å². The summed E-state index contributed by atoms with van der Waals surface area (Å²) in [5, 5.41) is 4.76. The second-order valence-corrected chi connectivity index (χ2v) is 39.0. The van der Waals surface area contributed by atoms with Gasteiger partial charge in [0.25, 0.3) is 0 Å². The number of nitrogens with zero attached hydrogens (tertiary/aromatic N) is 9. The molecule has 0 saturated carbocycles. The van der Waals surface area contributed by atoms with Crippen molar-refractivity contribution < 1.29 is 0 Å².